The van der Waals surface area contributed by atoms with Crippen molar-refractivity contribution in [1.29, 1.82) is 0 Å². The largest absolute Gasteiger partial charge is 0.444 e. The molecule has 1 atom stereocenters. The molecule has 0 radical (unpaired) electrons. The van der Waals surface area contributed by atoms with Crippen LogP contribution in [0.15, 0.2) is 0 Å². The molecule has 0 aliphatic carbocycles. The van der Waals surface area contributed by atoms with Gasteiger partial charge in [0.15, 0.2) is 0 Å². The van der Waals surface area contributed by atoms with Gasteiger partial charge in [-0.05, 0) is 51.9 Å². The molecule has 0 bridgehead atoms. The van der Waals surface area contributed by atoms with Crippen molar-refractivity contribution in [1.82, 2.24) is 4.90 Å². The Kier molecular flexibility index (Phi) is 5.28. The van der Waals surface area contributed by atoms with Gasteiger partial charge in [0.25, 0.3) is 0 Å². The van der Waals surface area contributed by atoms with Gasteiger partial charge in [-0.15, -0.1) is 0 Å². The Morgan fingerprint density at radius 1 is 1.21 bits per heavy atom. The SMILES string of the molecule is CC(C)(C)CCC[C@@H]1CCCN1C(=O)OC(C)(C)C. The van der Waals surface area contributed by atoms with Crippen LogP contribution in [0.4, 0.5) is 4.79 Å². The second-order valence-corrected chi connectivity index (χ2v) is 7.92. The first-order valence-corrected chi connectivity index (χ1v) is 7.58. The molecule has 1 aliphatic heterocycles. The Labute approximate surface area is 118 Å². The van der Waals surface area contributed by atoms with Crippen molar-refractivity contribution in [2.45, 2.75) is 85.3 Å². The maximum absolute atomic E-state index is 12.1. The molecule has 1 rings (SSSR count). The van der Waals surface area contributed by atoms with Gasteiger partial charge in [-0.1, -0.05) is 27.2 Å². The van der Waals surface area contributed by atoms with Crippen molar-refractivity contribution in [3.05, 3.63) is 0 Å². The molecule has 112 valence electrons. The number of nitrogens with zero attached hydrogens (tertiary/aromatic N) is 1. The molecule has 1 aliphatic rings. The summed E-state index contributed by atoms with van der Waals surface area (Å²) in [6.07, 6.45) is 5.61. The fourth-order valence-corrected chi connectivity index (χ4v) is 2.56. The molecule has 0 spiro atoms. The number of likely N-dealkylation sites (tertiary alicyclic amines) is 1. The van der Waals surface area contributed by atoms with Crippen molar-refractivity contribution in [2.24, 2.45) is 5.41 Å². The van der Waals surface area contributed by atoms with Crippen molar-refractivity contribution in [3.63, 3.8) is 0 Å². The second-order valence-electron chi connectivity index (χ2n) is 7.92. The van der Waals surface area contributed by atoms with E-state index in [0.29, 0.717) is 11.5 Å². The number of carbonyl (C=O) groups excluding carboxylic acids is 1. The lowest BCUT2D eigenvalue weighted by Crippen LogP contribution is -2.39. The Morgan fingerprint density at radius 3 is 2.37 bits per heavy atom. The Bertz CT molecular complexity index is 299. The molecule has 0 N–H and O–H groups in total. The normalized spacial score (nSPS) is 20.7. The molecular weight excluding hydrogens is 238 g/mol. The number of hydrogen-bond donors (Lipinski definition) is 0. The highest BCUT2D eigenvalue weighted by molar-refractivity contribution is 5.68. The summed E-state index contributed by atoms with van der Waals surface area (Å²) in [5.41, 5.74) is -0.00894. The number of ether oxygens (including phenoxy) is 1. The molecule has 1 saturated heterocycles. The lowest BCUT2D eigenvalue weighted by molar-refractivity contribution is 0.0217. The van der Waals surface area contributed by atoms with Crippen LogP contribution in [0.3, 0.4) is 0 Å². The molecule has 0 aromatic carbocycles. The molecule has 0 unspecified atom stereocenters. The number of hydrogen-bond acceptors (Lipinski definition) is 2. The average molecular weight is 269 g/mol. The van der Waals surface area contributed by atoms with Crippen LogP contribution in [0.5, 0.6) is 0 Å². The van der Waals surface area contributed by atoms with Crippen molar-refractivity contribution >= 4 is 6.09 Å². The van der Waals surface area contributed by atoms with Crippen LogP contribution in [-0.4, -0.2) is 29.2 Å². The average Bonchev–Trinajstić information content (AvgIpc) is 2.61. The van der Waals surface area contributed by atoms with Gasteiger partial charge in [0, 0.05) is 12.6 Å². The Morgan fingerprint density at radius 2 is 1.84 bits per heavy atom. The van der Waals surface area contributed by atoms with Crippen LogP contribution in [0.2, 0.25) is 0 Å². The second kappa shape index (κ2) is 6.15. The summed E-state index contributed by atoms with van der Waals surface area (Å²) in [5, 5.41) is 0. The van der Waals surface area contributed by atoms with Crippen LogP contribution >= 0.6 is 0 Å². The van der Waals surface area contributed by atoms with Crippen molar-refractivity contribution < 1.29 is 9.53 Å². The van der Waals surface area contributed by atoms with E-state index in [9.17, 15) is 4.79 Å². The summed E-state index contributed by atoms with van der Waals surface area (Å²) in [5.74, 6) is 0. The molecular formula is C16H31NO2. The molecule has 0 aromatic rings. The number of amides is 1. The topological polar surface area (TPSA) is 29.5 Å². The van der Waals surface area contributed by atoms with Crippen molar-refractivity contribution in [3.8, 4) is 0 Å². The summed E-state index contributed by atoms with van der Waals surface area (Å²) in [6, 6.07) is 0.386. The molecule has 19 heavy (non-hydrogen) atoms. The van der Waals surface area contributed by atoms with Gasteiger partial charge in [0.1, 0.15) is 5.60 Å². The zero-order valence-electron chi connectivity index (χ0n) is 13.6. The van der Waals surface area contributed by atoms with E-state index < -0.39 is 5.60 Å². The van der Waals surface area contributed by atoms with E-state index in [1.807, 2.05) is 25.7 Å². The predicted molar refractivity (Wildman–Crippen MR) is 79.3 cm³/mol. The van der Waals surface area contributed by atoms with E-state index in [1.54, 1.807) is 0 Å². The first-order valence-electron chi connectivity index (χ1n) is 7.58. The minimum absolute atomic E-state index is 0.134. The first kappa shape index (κ1) is 16.3. The van der Waals surface area contributed by atoms with Gasteiger partial charge in [0.2, 0.25) is 0 Å². The Hall–Kier alpha value is -0.730. The van der Waals surface area contributed by atoms with Gasteiger partial charge in [0.05, 0.1) is 0 Å². The zero-order valence-corrected chi connectivity index (χ0v) is 13.6. The fourth-order valence-electron chi connectivity index (χ4n) is 2.56. The van der Waals surface area contributed by atoms with Gasteiger partial charge in [-0.25, -0.2) is 4.79 Å². The van der Waals surface area contributed by atoms with Gasteiger partial charge >= 0.3 is 6.09 Å². The maximum atomic E-state index is 12.1. The van der Waals surface area contributed by atoms with Crippen LogP contribution in [0, 0.1) is 5.41 Å². The molecule has 0 saturated carbocycles. The highest BCUT2D eigenvalue weighted by atomic mass is 16.6. The summed E-state index contributed by atoms with van der Waals surface area (Å²) >= 11 is 0. The molecule has 3 heteroatoms. The smallest absolute Gasteiger partial charge is 0.410 e. The monoisotopic (exact) mass is 269 g/mol. The third kappa shape index (κ3) is 6.31. The summed E-state index contributed by atoms with van der Waals surface area (Å²) in [7, 11) is 0. The van der Waals surface area contributed by atoms with Crippen LogP contribution in [0.25, 0.3) is 0 Å². The molecule has 1 amide bonds. The zero-order chi connectivity index (χ0) is 14.7. The van der Waals surface area contributed by atoms with Crippen LogP contribution < -0.4 is 0 Å². The lowest BCUT2D eigenvalue weighted by atomic mass is 9.89. The Balaban J connectivity index is 2.43. The molecule has 0 aromatic heterocycles. The van der Waals surface area contributed by atoms with E-state index in [1.165, 1.54) is 12.8 Å². The highest BCUT2D eigenvalue weighted by Crippen LogP contribution is 2.27. The quantitative estimate of drug-likeness (QED) is 0.749. The van der Waals surface area contributed by atoms with E-state index in [-0.39, 0.29) is 6.09 Å². The van der Waals surface area contributed by atoms with Crippen molar-refractivity contribution in [2.75, 3.05) is 6.54 Å². The molecule has 1 heterocycles. The standard InChI is InChI=1S/C16H31NO2/c1-15(2,3)11-7-9-13-10-8-12-17(13)14(18)19-16(4,5)6/h13H,7-12H2,1-6H3/t13-/m1/s1. The summed E-state index contributed by atoms with van der Waals surface area (Å²) in [6.45, 7) is 13.4. The maximum Gasteiger partial charge on any atom is 0.410 e. The number of rotatable bonds is 3. The van der Waals surface area contributed by atoms with Gasteiger partial charge in [-0.3, -0.25) is 0 Å². The van der Waals surface area contributed by atoms with Crippen LogP contribution in [0.1, 0.15) is 73.6 Å². The third-order valence-corrected chi connectivity index (χ3v) is 3.47. The third-order valence-electron chi connectivity index (χ3n) is 3.47. The van der Waals surface area contributed by atoms with E-state index in [0.717, 1.165) is 25.8 Å². The van der Waals surface area contributed by atoms with Gasteiger partial charge < -0.3 is 9.64 Å². The fraction of sp³-hybridized carbons (Fsp3) is 0.938. The minimum atomic E-state index is -0.393. The minimum Gasteiger partial charge on any atom is -0.444 e. The molecule has 3 nitrogen and oxygen atoms in total. The van der Waals surface area contributed by atoms with E-state index in [4.69, 9.17) is 4.74 Å². The van der Waals surface area contributed by atoms with E-state index >= 15 is 0 Å². The lowest BCUT2D eigenvalue weighted by Gasteiger charge is -2.29. The highest BCUT2D eigenvalue weighted by Gasteiger charge is 2.31. The first-order chi connectivity index (χ1) is 8.58. The number of carbonyl (C=O) groups is 1. The molecule has 1 fully saturated rings. The van der Waals surface area contributed by atoms with Gasteiger partial charge in [-0.2, -0.15) is 0 Å². The predicted octanol–water partition coefficient (Wildman–Crippen LogP) is 4.60. The summed E-state index contributed by atoms with van der Waals surface area (Å²) < 4.78 is 5.49. The van der Waals surface area contributed by atoms with E-state index in [2.05, 4.69) is 20.8 Å². The van der Waals surface area contributed by atoms with Crippen LogP contribution in [-0.2, 0) is 4.74 Å². The summed E-state index contributed by atoms with van der Waals surface area (Å²) in [4.78, 5) is 14.1.